The molecule has 0 saturated carbocycles. The van der Waals surface area contributed by atoms with Gasteiger partial charge in [0.1, 0.15) is 5.76 Å². The third-order valence-electron chi connectivity index (χ3n) is 2.77. The van der Waals surface area contributed by atoms with Crippen LogP contribution in [0, 0.1) is 0 Å². The van der Waals surface area contributed by atoms with E-state index in [-0.39, 0.29) is 11.6 Å². The Bertz CT molecular complexity index is 806. The van der Waals surface area contributed by atoms with Gasteiger partial charge in [0.2, 0.25) is 11.6 Å². The van der Waals surface area contributed by atoms with Crippen molar-refractivity contribution < 1.29 is 9.90 Å². The van der Waals surface area contributed by atoms with Crippen molar-refractivity contribution in [2.75, 3.05) is 0 Å². The summed E-state index contributed by atoms with van der Waals surface area (Å²) in [5.41, 5.74) is 1.16. The van der Waals surface area contributed by atoms with Crippen LogP contribution in [0.25, 0.3) is 16.7 Å². The van der Waals surface area contributed by atoms with Gasteiger partial charge in [-0.05, 0) is 11.3 Å². The van der Waals surface area contributed by atoms with Crippen LogP contribution in [0.2, 0.25) is 5.02 Å². The van der Waals surface area contributed by atoms with Gasteiger partial charge in [0.15, 0.2) is 0 Å². The summed E-state index contributed by atoms with van der Waals surface area (Å²) >= 11 is 6.03. The van der Waals surface area contributed by atoms with E-state index in [0.29, 0.717) is 21.5 Å². The van der Waals surface area contributed by atoms with Gasteiger partial charge in [-0.15, -0.1) is 10.2 Å². The molecular weight excluding hydrogens is 282 g/mol. The number of nitrogens with one attached hydrogen (secondary N) is 2. The Morgan fingerprint density at radius 1 is 1.40 bits per heavy atom. The van der Waals surface area contributed by atoms with Crippen molar-refractivity contribution in [2.45, 2.75) is 0 Å². The SMILES string of the molecule is O=C(C=C(O)c1c[nH]c2c(Cl)cccc12)c1nn[nH]n1. The number of aliphatic hydroxyl groups excluding tert-OH is 1. The van der Waals surface area contributed by atoms with Crippen LogP contribution < -0.4 is 0 Å². The maximum Gasteiger partial charge on any atom is 0.244 e. The topological polar surface area (TPSA) is 108 Å². The first-order chi connectivity index (χ1) is 9.66. The highest BCUT2D eigenvalue weighted by molar-refractivity contribution is 6.35. The average Bonchev–Trinajstić information content (AvgIpc) is 3.08. The molecule has 7 nitrogen and oxygen atoms in total. The third kappa shape index (κ3) is 2.04. The highest BCUT2D eigenvalue weighted by Crippen LogP contribution is 2.28. The smallest absolute Gasteiger partial charge is 0.244 e. The van der Waals surface area contributed by atoms with Crippen LogP contribution in [0.1, 0.15) is 16.2 Å². The molecule has 100 valence electrons. The zero-order valence-corrected chi connectivity index (χ0v) is 10.7. The fraction of sp³-hybridized carbons (Fsp3) is 0. The molecule has 0 atom stereocenters. The molecule has 0 aliphatic heterocycles. The van der Waals surface area contributed by atoms with E-state index >= 15 is 0 Å². The molecule has 0 spiro atoms. The van der Waals surface area contributed by atoms with E-state index < -0.39 is 5.78 Å². The van der Waals surface area contributed by atoms with Gasteiger partial charge in [-0.3, -0.25) is 4.79 Å². The lowest BCUT2D eigenvalue weighted by atomic mass is 10.1. The number of ketones is 1. The molecule has 3 aromatic rings. The van der Waals surface area contributed by atoms with Crippen molar-refractivity contribution in [1.82, 2.24) is 25.6 Å². The van der Waals surface area contributed by atoms with Gasteiger partial charge in [-0.2, -0.15) is 5.21 Å². The van der Waals surface area contributed by atoms with E-state index in [1.165, 1.54) is 0 Å². The Hall–Kier alpha value is -2.67. The summed E-state index contributed by atoms with van der Waals surface area (Å²) in [6, 6.07) is 5.28. The highest BCUT2D eigenvalue weighted by Gasteiger charge is 2.13. The van der Waals surface area contributed by atoms with Crippen LogP contribution in [0.15, 0.2) is 30.5 Å². The quantitative estimate of drug-likeness (QED) is 0.389. The lowest BCUT2D eigenvalue weighted by Gasteiger charge is -1.98. The number of hydrogen-bond donors (Lipinski definition) is 3. The zero-order chi connectivity index (χ0) is 14.1. The lowest BCUT2D eigenvalue weighted by molar-refractivity contribution is 0.103. The van der Waals surface area contributed by atoms with Gasteiger partial charge < -0.3 is 10.1 Å². The van der Waals surface area contributed by atoms with Crippen molar-refractivity contribution in [3.05, 3.63) is 46.9 Å². The number of carbonyl (C=O) groups is 1. The summed E-state index contributed by atoms with van der Waals surface area (Å²) in [6.45, 7) is 0. The summed E-state index contributed by atoms with van der Waals surface area (Å²) in [6.07, 6.45) is 2.61. The number of fused-ring (bicyclic) bond motifs is 1. The molecule has 0 aliphatic rings. The third-order valence-corrected chi connectivity index (χ3v) is 3.09. The monoisotopic (exact) mass is 289 g/mol. The Morgan fingerprint density at radius 2 is 2.25 bits per heavy atom. The Balaban J connectivity index is 2.03. The maximum absolute atomic E-state index is 11.8. The van der Waals surface area contributed by atoms with E-state index in [0.717, 1.165) is 6.08 Å². The minimum atomic E-state index is -0.548. The Labute approximate surface area is 117 Å². The van der Waals surface area contributed by atoms with Gasteiger partial charge in [-0.1, -0.05) is 23.7 Å². The molecule has 8 heteroatoms. The number of halogens is 1. The summed E-state index contributed by atoms with van der Waals surface area (Å²) < 4.78 is 0. The Morgan fingerprint density at radius 3 is 3.00 bits per heavy atom. The van der Waals surface area contributed by atoms with Crippen LogP contribution in [0.5, 0.6) is 0 Å². The van der Waals surface area contributed by atoms with Gasteiger partial charge in [0, 0.05) is 23.2 Å². The number of H-pyrrole nitrogens is 2. The van der Waals surface area contributed by atoms with Crippen LogP contribution in [0.4, 0.5) is 0 Å². The van der Waals surface area contributed by atoms with E-state index in [1.54, 1.807) is 24.4 Å². The molecule has 3 rings (SSSR count). The molecule has 2 heterocycles. The number of hydrogen-bond acceptors (Lipinski definition) is 5. The first-order valence-corrected chi connectivity index (χ1v) is 5.99. The second-order valence-electron chi connectivity index (χ2n) is 3.99. The first kappa shape index (κ1) is 12.4. The molecule has 2 aromatic heterocycles. The number of tetrazole rings is 1. The zero-order valence-electron chi connectivity index (χ0n) is 9.96. The van der Waals surface area contributed by atoms with Crippen molar-refractivity contribution in [3.8, 4) is 0 Å². The molecule has 3 N–H and O–H groups in total. The standard InChI is InChI=1S/C12H8ClN5O2/c13-8-3-1-2-6-7(5-14-11(6)8)9(19)4-10(20)12-15-17-18-16-12/h1-5,14,19H,(H,15,16,17,18). The van der Waals surface area contributed by atoms with E-state index in [4.69, 9.17) is 11.6 Å². The van der Waals surface area contributed by atoms with Crippen LogP contribution in [-0.2, 0) is 0 Å². The fourth-order valence-corrected chi connectivity index (χ4v) is 2.09. The van der Waals surface area contributed by atoms with Crippen molar-refractivity contribution >= 4 is 34.0 Å². The second kappa shape index (κ2) is 4.78. The molecule has 0 fully saturated rings. The number of rotatable bonds is 3. The molecule has 0 unspecified atom stereocenters. The summed E-state index contributed by atoms with van der Waals surface area (Å²) in [5.74, 6) is -0.865. The number of nitrogens with zero attached hydrogens (tertiary/aromatic N) is 3. The summed E-state index contributed by atoms with van der Waals surface area (Å²) in [5, 5.41) is 23.9. The highest BCUT2D eigenvalue weighted by atomic mass is 35.5. The molecule has 0 radical (unpaired) electrons. The number of allylic oxidation sites excluding steroid dienone is 1. The van der Waals surface area contributed by atoms with Gasteiger partial charge in [0.05, 0.1) is 10.5 Å². The van der Waals surface area contributed by atoms with Crippen molar-refractivity contribution in [1.29, 1.82) is 0 Å². The van der Waals surface area contributed by atoms with Gasteiger partial charge in [-0.25, -0.2) is 0 Å². The first-order valence-electron chi connectivity index (χ1n) is 5.61. The number of aliphatic hydroxyl groups is 1. The van der Waals surface area contributed by atoms with E-state index in [1.807, 2.05) is 0 Å². The minimum Gasteiger partial charge on any atom is -0.507 e. The predicted molar refractivity (Wildman–Crippen MR) is 72.4 cm³/mol. The Kier molecular flexibility index (Phi) is 2.96. The normalized spacial score (nSPS) is 11.9. The van der Waals surface area contributed by atoms with Crippen LogP contribution in [0.3, 0.4) is 0 Å². The summed E-state index contributed by atoms with van der Waals surface area (Å²) in [4.78, 5) is 14.7. The lowest BCUT2D eigenvalue weighted by Crippen LogP contribution is -1.99. The van der Waals surface area contributed by atoms with Crippen LogP contribution in [-0.4, -0.2) is 36.5 Å². The fourth-order valence-electron chi connectivity index (χ4n) is 1.86. The molecule has 0 saturated heterocycles. The molecule has 0 amide bonds. The molecule has 1 aromatic carbocycles. The van der Waals surface area contributed by atoms with E-state index in [2.05, 4.69) is 25.6 Å². The maximum atomic E-state index is 11.8. The van der Waals surface area contributed by atoms with Crippen molar-refractivity contribution in [2.24, 2.45) is 0 Å². The number of carbonyl (C=O) groups excluding carboxylic acids is 1. The van der Waals surface area contributed by atoms with Gasteiger partial charge in [0.25, 0.3) is 0 Å². The molecular formula is C12H8ClN5O2. The van der Waals surface area contributed by atoms with E-state index in [9.17, 15) is 9.90 Å². The average molecular weight is 290 g/mol. The number of benzene rings is 1. The largest absolute Gasteiger partial charge is 0.507 e. The summed E-state index contributed by atoms with van der Waals surface area (Å²) in [7, 11) is 0. The molecule has 20 heavy (non-hydrogen) atoms. The molecule has 0 aliphatic carbocycles. The molecule has 0 bridgehead atoms. The number of aromatic nitrogens is 5. The van der Waals surface area contributed by atoms with Crippen LogP contribution >= 0.6 is 11.6 Å². The number of aromatic amines is 2. The van der Waals surface area contributed by atoms with Gasteiger partial charge >= 0.3 is 0 Å². The minimum absolute atomic E-state index is 0.116. The predicted octanol–water partition coefficient (Wildman–Crippen LogP) is 2.12. The number of para-hydroxylation sites is 1. The second-order valence-corrected chi connectivity index (χ2v) is 4.40. The van der Waals surface area contributed by atoms with Crippen molar-refractivity contribution in [3.63, 3.8) is 0 Å².